The number of para-hydroxylation sites is 1. The van der Waals surface area contributed by atoms with Crippen LogP contribution in [0.5, 0.6) is 0 Å². The SMILES string of the molecule is CN(CC(=O)OCC(=O)Nc1ccccc1I)c1ncccn1. The molecule has 120 valence electrons. The molecule has 1 aromatic carbocycles. The van der Waals surface area contributed by atoms with Gasteiger partial charge in [0.05, 0.1) is 5.69 Å². The molecular weight excluding hydrogens is 411 g/mol. The first kappa shape index (κ1) is 17.1. The Balaban J connectivity index is 1.78. The van der Waals surface area contributed by atoms with Gasteiger partial charge in [-0.05, 0) is 40.8 Å². The number of rotatable bonds is 6. The molecule has 1 aromatic heterocycles. The minimum atomic E-state index is -0.530. The van der Waals surface area contributed by atoms with Crippen molar-refractivity contribution < 1.29 is 14.3 Å². The number of aromatic nitrogens is 2. The number of nitrogens with one attached hydrogen (secondary N) is 1. The lowest BCUT2D eigenvalue weighted by Crippen LogP contribution is -2.30. The first-order chi connectivity index (χ1) is 11.1. The van der Waals surface area contributed by atoms with Gasteiger partial charge in [0.15, 0.2) is 6.61 Å². The maximum absolute atomic E-state index is 11.8. The van der Waals surface area contributed by atoms with Crippen LogP contribution >= 0.6 is 22.6 Å². The van der Waals surface area contributed by atoms with E-state index in [-0.39, 0.29) is 19.1 Å². The van der Waals surface area contributed by atoms with E-state index in [1.54, 1.807) is 36.5 Å². The number of hydrogen-bond donors (Lipinski definition) is 1. The number of halogens is 1. The quantitative estimate of drug-likeness (QED) is 0.560. The second-order valence-corrected chi connectivity index (χ2v) is 5.76. The highest BCUT2D eigenvalue weighted by atomic mass is 127. The lowest BCUT2D eigenvalue weighted by molar-refractivity contribution is -0.145. The fourth-order valence-corrected chi connectivity index (χ4v) is 2.22. The lowest BCUT2D eigenvalue weighted by atomic mass is 10.3. The Kier molecular flexibility index (Phi) is 6.27. The van der Waals surface area contributed by atoms with Crippen LogP contribution in [0.1, 0.15) is 0 Å². The Bertz CT molecular complexity index is 681. The molecule has 0 unspecified atom stereocenters. The topological polar surface area (TPSA) is 84.4 Å². The number of esters is 1. The van der Waals surface area contributed by atoms with Gasteiger partial charge >= 0.3 is 5.97 Å². The number of hydrogen-bond acceptors (Lipinski definition) is 6. The van der Waals surface area contributed by atoms with Crippen LogP contribution in [0.2, 0.25) is 0 Å². The van der Waals surface area contributed by atoms with Crippen LogP contribution in [0.15, 0.2) is 42.7 Å². The number of anilines is 2. The molecule has 2 aromatic rings. The Hall–Kier alpha value is -2.23. The smallest absolute Gasteiger partial charge is 0.326 e. The Labute approximate surface area is 147 Å². The van der Waals surface area contributed by atoms with E-state index in [2.05, 4.69) is 37.9 Å². The number of ether oxygens (including phenoxy) is 1. The number of amides is 1. The van der Waals surface area contributed by atoms with Gasteiger partial charge in [-0.1, -0.05) is 12.1 Å². The van der Waals surface area contributed by atoms with E-state index < -0.39 is 5.97 Å². The second-order valence-electron chi connectivity index (χ2n) is 4.59. The van der Waals surface area contributed by atoms with Crippen molar-refractivity contribution in [3.05, 3.63) is 46.3 Å². The van der Waals surface area contributed by atoms with Gasteiger partial charge < -0.3 is 15.0 Å². The van der Waals surface area contributed by atoms with Gasteiger partial charge in [-0.3, -0.25) is 9.59 Å². The highest BCUT2D eigenvalue weighted by molar-refractivity contribution is 14.1. The summed E-state index contributed by atoms with van der Waals surface area (Å²) < 4.78 is 5.87. The summed E-state index contributed by atoms with van der Waals surface area (Å²) in [5, 5.41) is 2.69. The van der Waals surface area contributed by atoms with E-state index in [0.29, 0.717) is 11.6 Å². The average molecular weight is 426 g/mol. The molecule has 0 saturated carbocycles. The zero-order valence-electron chi connectivity index (χ0n) is 12.4. The van der Waals surface area contributed by atoms with Gasteiger partial charge in [0, 0.05) is 23.0 Å². The highest BCUT2D eigenvalue weighted by Gasteiger charge is 2.13. The summed E-state index contributed by atoms with van der Waals surface area (Å²) in [5.41, 5.74) is 0.684. The van der Waals surface area contributed by atoms with Crippen molar-refractivity contribution in [1.29, 1.82) is 0 Å². The van der Waals surface area contributed by atoms with Gasteiger partial charge in [0.1, 0.15) is 6.54 Å². The van der Waals surface area contributed by atoms with Gasteiger partial charge in [-0.15, -0.1) is 0 Å². The predicted octanol–water partition coefficient (Wildman–Crippen LogP) is 1.70. The minimum Gasteiger partial charge on any atom is -0.454 e. The fourth-order valence-electron chi connectivity index (χ4n) is 1.69. The van der Waals surface area contributed by atoms with Crippen LogP contribution in [-0.2, 0) is 14.3 Å². The summed E-state index contributed by atoms with van der Waals surface area (Å²) in [6.45, 7) is -0.381. The van der Waals surface area contributed by atoms with E-state index in [1.807, 2.05) is 18.2 Å². The summed E-state index contributed by atoms with van der Waals surface area (Å²) in [7, 11) is 1.67. The van der Waals surface area contributed by atoms with E-state index in [0.717, 1.165) is 3.57 Å². The van der Waals surface area contributed by atoms with Crippen molar-refractivity contribution in [3.8, 4) is 0 Å². The third-order valence-electron chi connectivity index (χ3n) is 2.77. The molecule has 8 heteroatoms. The molecule has 0 fully saturated rings. The summed E-state index contributed by atoms with van der Waals surface area (Å²) >= 11 is 2.11. The van der Waals surface area contributed by atoms with Crippen LogP contribution in [0.4, 0.5) is 11.6 Å². The van der Waals surface area contributed by atoms with Crippen LogP contribution in [0.25, 0.3) is 0 Å². The number of benzene rings is 1. The van der Waals surface area contributed by atoms with Crippen LogP contribution < -0.4 is 10.2 Å². The standard InChI is InChI=1S/C15H15IN4O3/c1-20(15-17-7-4-8-18-15)9-14(22)23-10-13(21)19-12-6-3-2-5-11(12)16/h2-8H,9-10H2,1H3,(H,19,21). The van der Waals surface area contributed by atoms with Gasteiger partial charge in [0.25, 0.3) is 5.91 Å². The first-order valence-electron chi connectivity index (χ1n) is 6.74. The third-order valence-corrected chi connectivity index (χ3v) is 3.71. The van der Waals surface area contributed by atoms with Crippen molar-refractivity contribution in [2.75, 3.05) is 30.4 Å². The van der Waals surface area contributed by atoms with Crippen molar-refractivity contribution in [3.63, 3.8) is 0 Å². The van der Waals surface area contributed by atoms with Crippen molar-refractivity contribution in [1.82, 2.24) is 9.97 Å². The highest BCUT2D eigenvalue weighted by Crippen LogP contribution is 2.16. The monoisotopic (exact) mass is 426 g/mol. The largest absolute Gasteiger partial charge is 0.454 e. The molecule has 0 saturated heterocycles. The van der Waals surface area contributed by atoms with Crippen molar-refractivity contribution >= 4 is 46.1 Å². The van der Waals surface area contributed by atoms with Crippen LogP contribution in [0, 0.1) is 3.57 Å². The Morgan fingerprint density at radius 3 is 2.61 bits per heavy atom. The van der Waals surface area contributed by atoms with E-state index >= 15 is 0 Å². The van der Waals surface area contributed by atoms with Gasteiger partial charge in [-0.25, -0.2) is 9.97 Å². The van der Waals surface area contributed by atoms with Crippen molar-refractivity contribution in [2.45, 2.75) is 0 Å². The fraction of sp³-hybridized carbons (Fsp3) is 0.200. The molecule has 0 bridgehead atoms. The Morgan fingerprint density at radius 1 is 1.22 bits per heavy atom. The molecular formula is C15H15IN4O3. The molecule has 7 nitrogen and oxygen atoms in total. The van der Waals surface area contributed by atoms with Crippen molar-refractivity contribution in [2.24, 2.45) is 0 Å². The second kappa shape index (κ2) is 8.42. The lowest BCUT2D eigenvalue weighted by Gasteiger charge is -2.15. The molecule has 0 aliphatic carbocycles. The summed E-state index contributed by atoms with van der Waals surface area (Å²) in [4.78, 5) is 33.1. The summed E-state index contributed by atoms with van der Waals surface area (Å²) in [6, 6.07) is 9.03. The molecule has 0 aliphatic rings. The number of carbonyl (C=O) groups excluding carboxylic acids is 2. The molecule has 1 amide bonds. The van der Waals surface area contributed by atoms with E-state index in [1.165, 1.54) is 0 Å². The number of likely N-dealkylation sites (N-methyl/N-ethyl adjacent to an activating group) is 1. The van der Waals surface area contributed by atoms with Gasteiger partial charge in [-0.2, -0.15) is 0 Å². The molecule has 0 spiro atoms. The third kappa shape index (κ3) is 5.47. The van der Waals surface area contributed by atoms with Crippen LogP contribution in [-0.4, -0.2) is 42.0 Å². The molecule has 23 heavy (non-hydrogen) atoms. The number of nitrogens with zero attached hydrogens (tertiary/aromatic N) is 3. The number of carbonyl (C=O) groups is 2. The molecule has 0 radical (unpaired) electrons. The molecule has 0 atom stereocenters. The molecule has 1 N–H and O–H groups in total. The maximum Gasteiger partial charge on any atom is 0.326 e. The van der Waals surface area contributed by atoms with Gasteiger partial charge in [0.2, 0.25) is 5.95 Å². The van der Waals surface area contributed by atoms with Crippen LogP contribution in [0.3, 0.4) is 0 Å². The van der Waals surface area contributed by atoms with E-state index in [9.17, 15) is 9.59 Å². The summed E-state index contributed by atoms with van der Waals surface area (Å²) in [5.74, 6) is -0.508. The molecule has 0 aliphatic heterocycles. The maximum atomic E-state index is 11.8. The Morgan fingerprint density at radius 2 is 1.91 bits per heavy atom. The zero-order chi connectivity index (χ0) is 16.7. The molecule has 2 rings (SSSR count). The zero-order valence-corrected chi connectivity index (χ0v) is 14.6. The summed E-state index contributed by atoms with van der Waals surface area (Å²) in [6.07, 6.45) is 3.16. The minimum absolute atomic E-state index is 0.0415. The first-order valence-corrected chi connectivity index (χ1v) is 7.82. The van der Waals surface area contributed by atoms with E-state index in [4.69, 9.17) is 4.74 Å². The predicted molar refractivity (Wildman–Crippen MR) is 94.0 cm³/mol. The molecule has 1 heterocycles. The average Bonchev–Trinajstić information content (AvgIpc) is 2.56. The normalized spacial score (nSPS) is 10.0.